The topological polar surface area (TPSA) is 21.3 Å². The summed E-state index contributed by atoms with van der Waals surface area (Å²) in [6.45, 7) is 4.00. The Balaban J connectivity index is 1.94. The van der Waals surface area contributed by atoms with Crippen LogP contribution in [0.3, 0.4) is 0 Å². The summed E-state index contributed by atoms with van der Waals surface area (Å²) in [7, 11) is 0. The van der Waals surface area contributed by atoms with E-state index < -0.39 is 0 Å². The average Bonchev–Trinajstić information content (AvgIpc) is 2.30. The Morgan fingerprint density at radius 1 is 1.38 bits per heavy atom. The highest BCUT2D eigenvalue weighted by Gasteiger charge is 2.16. The number of halogens is 1. The summed E-state index contributed by atoms with van der Waals surface area (Å²) in [5.74, 6) is 0. The summed E-state index contributed by atoms with van der Waals surface area (Å²) in [5, 5.41) is 3.66. The standard InChI is InChI=1S/C13H18BrNO/c1-10(11-3-2-4-12(14)9-11)15-13-5-7-16-8-6-13/h2-4,9-10,13,15H,5-8H2,1H3. The second-order valence-corrected chi connectivity index (χ2v) is 5.25. The van der Waals surface area contributed by atoms with E-state index >= 15 is 0 Å². The van der Waals surface area contributed by atoms with Crippen LogP contribution in [0.5, 0.6) is 0 Å². The predicted octanol–water partition coefficient (Wildman–Crippen LogP) is 3.28. The van der Waals surface area contributed by atoms with Gasteiger partial charge in [-0.3, -0.25) is 0 Å². The SMILES string of the molecule is CC(NC1CCOCC1)c1cccc(Br)c1. The van der Waals surface area contributed by atoms with Gasteiger partial charge in [0.25, 0.3) is 0 Å². The van der Waals surface area contributed by atoms with Crippen molar-refractivity contribution in [3.63, 3.8) is 0 Å². The quantitative estimate of drug-likeness (QED) is 0.919. The van der Waals surface area contributed by atoms with E-state index in [1.54, 1.807) is 0 Å². The van der Waals surface area contributed by atoms with Crippen LogP contribution in [0, 0.1) is 0 Å². The van der Waals surface area contributed by atoms with E-state index in [9.17, 15) is 0 Å². The molecule has 2 nitrogen and oxygen atoms in total. The molecule has 1 aromatic rings. The molecule has 1 fully saturated rings. The molecule has 0 bridgehead atoms. The Morgan fingerprint density at radius 2 is 2.12 bits per heavy atom. The van der Waals surface area contributed by atoms with Gasteiger partial charge in [0.1, 0.15) is 0 Å². The van der Waals surface area contributed by atoms with Crippen molar-refractivity contribution >= 4 is 15.9 Å². The molecular formula is C13H18BrNO. The first-order chi connectivity index (χ1) is 7.75. The van der Waals surface area contributed by atoms with Crippen molar-refractivity contribution in [2.45, 2.75) is 31.8 Å². The fourth-order valence-electron chi connectivity index (χ4n) is 2.09. The van der Waals surface area contributed by atoms with Gasteiger partial charge in [0.15, 0.2) is 0 Å². The Bertz CT molecular complexity index is 336. The molecule has 0 saturated carbocycles. The maximum Gasteiger partial charge on any atom is 0.0480 e. The number of hydrogen-bond donors (Lipinski definition) is 1. The predicted molar refractivity (Wildman–Crippen MR) is 69.5 cm³/mol. The third-order valence-corrected chi connectivity index (χ3v) is 3.55. The molecule has 3 heteroatoms. The van der Waals surface area contributed by atoms with Crippen molar-refractivity contribution in [1.82, 2.24) is 5.32 Å². The van der Waals surface area contributed by atoms with E-state index in [1.807, 2.05) is 0 Å². The molecule has 1 atom stereocenters. The van der Waals surface area contributed by atoms with Crippen molar-refractivity contribution in [3.05, 3.63) is 34.3 Å². The van der Waals surface area contributed by atoms with Gasteiger partial charge in [-0.1, -0.05) is 28.1 Å². The lowest BCUT2D eigenvalue weighted by atomic mass is 10.0. The second-order valence-electron chi connectivity index (χ2n) is 4.33. The minimum absolute atomic E-state index is 0.403. The summed E-state index contributed by atoms with van der Waals surface area (Å²) in [5.41, 5.74) is 1.33. The summed E-state index contributed by atoms with van der Waals surface area (Å²) in [6.07, 6.45) is 2.25. The van der Waals surface area contributed by atoms with E-state index in [-0.39, 0.29) is 0 Å². The van der Waals surface area contributed by atoms with Crippen LogP contribution in [0.25, 0.3) is 0 Å². The number of benzene rings is 1. The maximum absolute atomic E-state index is 5.36. The fraction of sp³-hybridized carbons (Fsp3) is 0.538. The highest BCUT2D eigenvalue weighted by Crippen LogP contribution is 2.19. The minimum Gasteiger partial charge on any atom is -0.381 e. The highest BCUT2D eigenvalue weighted by atomic mass is 79.9. The molecule has 0 aliphatic carbocycles. The lowest BCUT2D eigenvalue weighted by Crippen LogP contribution is -2.36. The summed E-state index contributed by atoms with van der Waals surface area (Å²) < 4.78 is 6.50. The zero-order chi connectivity index (χ0) is 11.4. The van der Waals surface area contributed by atoms with Crippen LogP contribution in [-0.2, 0) is 4.74 Å². The fourth-order valence-corrected chi connectivity index (χ4v) is 2.51. The zero-order valence-corrected chi connectivity index (χ0v) is 11.2. The number of ether oxygens (including phenoxy) is 1. The van der Waals surface area contributed by atoms with Gasteiger partial charge < -0.3 is 10.1 Å². The van der Waals surface area contributed by atoms with Crippen molar-refractivity contribution in [3.8, 4) is 0 Å². The van der Waals surface area contributed by atoms with Crippen LogP contribution in [0.1, 0.15) is 31.4 Å². The van der Waals surface area contributed by atoms with E-state index in [1.165, 1.54) is 5.56 Å². The number of nitrogens with one attached hydrogen (secondary N) is 1. The van der Waals surface area contributed by atoms with Gasteiger partial charge in [-0.25, -0.2) is 0 Å². The molecule has 2 rings (SSSR count). The lowest BCUT2D eigenvalue weighted by molar-refractivity contribution is 0.0754. The zero-order valence-electron chi connectivity index (χ0n) is 9.58. The Kier molecular flexibility index (Phi) is 4.38. The monoisotopic (exact) mass is 283 g/mol. The third-order valence-electron chi connectivity index (χ3n) is 3.06. The van der Waals surface area contributed by atoms with Crippen molar-refractivity contribution in [2.75, 3.05) is 13.2 Å². The van der Waals surface area contributed by atoms with Gasteiger partial charge in [-0.2, -0.15) is 0 Å². The van der Waals surface area contributed by atoms with E-state index in [4.69, 9.17) is 4.74 Å². The molecule has 1 N–H and O–H groups in total. The van der Waals surface area contributed by atoms with Gasteiger partial charge in [0.2, 0.25) is 0 Å². The summed E-state index contributed by atoms with van der Waals surface area (Å²) in [6, 6.07) is 9.49. The van der Waals surface area contributed by atoms with Crippen LogP contribution < -0.4 is 5.32 Å². The first-order valence-corrected chi connectivity index (χ1v) is 6.64. The first-order valence-electron chi connectivity index (χ1n) is 5.85. The summed E-state index contributed by atoms with van der Waals surface area (Å²) in [4.78, 5) is 0. The van der Waals surface area contributed by atoms with Gasteiger partial charge in [-0.15, -0.1) is 0 Å². The van der Waals surface area contributed by atoms with Gasteiger partial charge >= 0.3 is 0 Å². The summed E-state index contributed by atoms with van der Waals surface area (Å²) >= 11 is 3.51. The molecule has 88 valence electrons. The second kappa shape index (κ2) is 5.80. The molecule has 0 aromatic heterocycles. The Hall–Kier alpha value is -0.380. The highest BCUT2D eigenvalue weighted by molar-refractivity contribution is 9.10. The molecule has 1 unspecified atom stereocenters. The number of hydrogen-bond acceptors (Lipinski definition) is 2. The van der Waals surface area contributed by atoms with Crippen LogP contribution in [0.2, 0.25) is 0 Å². The van der Waals surface area contributed by atoms with Gasteiger partial charge in [0.05, 0.1) is 0 Å². The van der Waals surface area contributed by atoms with Crippen LogP contribution in [0.15, 0.2) is 28.7 Å². The van der Waals surface area contributed by atoms with Crippen molar-refractivity contribution in [1.29, 1.82) is 0 Å². The molecular weight excluding hydrogens is 266 g/mol. The molecule has 0 spiro atoms. The van der Waals surface area contributed by atoms with Crippen LogP contribution in [0.4, 0.5) is 0 Å². The maximum atomic E-state index is 5.36. The van der Waals surface area contributed by atoms with E-state index in [0.29, 0.717) is 12.1 Å². The molecule has 1 aliphatic heterocycles. The van der Waals surface area contributed by atoms with Crippen LogP contribution >= 0.6 is 15.9 Å². The molecule has 0 radical (unpaired) electrons. The van der Waals surface area contributed by atoms with Crippen LogP contribution in [-0.4, -0.2) is 19.3 Å². The third kappa shape index (κ3) is 3.30. The Morgan fingerprint density at radius 3 is 2.81 bits per heavy atom. The van der Waals surface area contributed by atoms with Crippen molar-refractivity contribution in [2.24, 2.45) is 0 Å². The molecule has 1 aromatic carbocycles. The largest absolute Gasteiger partial charge is 0.381 e. The molecule has 1 aliphatic rings. The van der Waals surface area contributed by atoms with Gasteiger partial charge in [0, 0.05) is 29.8 Å². The molecule has 1 heterocycles. The molecule has 0 amide bonds. The van der Waals surface area contributed by atoms with E-state index in [0.717, 1.165) is 30.5 Å². The smallest absolute Gasteiger partial charge is 0.0480 e. The molecule has 16 heavy (non-hydrogen) atoms. The molecule has 1 saturated heterocycles. The Labute approximate surface area is 106 Å². The van der Waals surface area contributed by atoms with Gasteiger partial charge in [-0.05, 0) is 37.5 Å². The minimum atomic E-state index is 0.403. The number of rotatable bonds is 3. The first kappa shape index (κ1) is 12.1. The van der Waals surface area contributed by atoms with Crippen molar-refractivity contribution < 1.29 is 4.74 Å². The van der Waals surface area contributed by atoms with E-state index in [2.05, 4.69) is 52.4 Å². The average molecular weight is 284 g/mol. The lowest BCUT2D eigenvalue weighted by Gasteiger charge is -2.27. The normalized spacial score (nSPS) is 19.6.